The van der Waals surface area contributed by atoms with Gasteiger partial charge in [0.2, 0.25) is 0 Å². The number of nitrogens with one attached hydrogen (secondary N) is 1. The molecule has 0 radical (unpaired) electrons. The summed E-state index contributed by atoms with van der Waals surface area (Å²) in [6, 6.07) is 10.0. The van der Waals surface area contributed by atoms with Crippen molar-refractivity contribution < 1.29 is 4.42 Å². The first-order valence-corrected chi connectivity index (χ1v) is 7.16. The molecular formula is C15H17N3OS. The van der Waals surface area contributed by atoms with Crippen LogP contribution in [0.1, 0.15) is 36.2 Å². The van der Waals surface area contributed by atoms with E-state index in [9.17, 15) is 0 Å². The van der Waals surface area contributed by atoms with Gasteiger partial charge in [-0.15, -0.1) is 0 Å². The first-order chi connectivity index (χ1) is 9.70. The van der Waals surface area contributed by atoms with Crippen molar-refractivity contribution in [3.63, 3.8) is 0 Å². The number of aromatic nitrogens is 1. The standard InChI is InChI=1S/C15H17N3OS/c1-3-18-14(12-8-7-10(2)19-12)13(17-15(18)20)11-6-4-5-9-16-11/h4-9,13-14H,3H2,1-2H3,(H,17,20)/t13-,14+/m1/s1. The summed E-state index contributed by atoms with van der Waals surface area (Å²) in [6.45, 7) is 4.88. The summed E-state index contributed by atoms with van der Waals surface area (Å²) in [6.07, 6.45) is 1.80. The predicted octanol–water partition coefficient (Wildman–Crippen LogP) is 2.98. The van der Waals surface area contributed by atoms with Gasteiger partial charge in [0.25, 0.3) is 0 Å². The fraction of sp³-hybridized carbons (Fsp3) is 0.333. The lowest BCUT2D eigenvalue weighted by atomic mass is 10.0. The van der Waals surface area contributed by atoms with E-state index in [-0.39, 0.29) is 12.1 Å². The highest BCUT2D eigenvalue weighted by Crippen LogP contribution is 2.38. The molecule has 0 amide bonds. The second kappa shape index (κ2) is 5.25. The topological polar surface area (TPSA) is 41.3 Å². The van der Waals surface area contributed by atoms with E-state index < -0.39 is 0 Å². The molecule has 3 rings (SSSR count). The van der Waals surface area contributed by atoms with Crippen LogP contribution in [-0.4, -0.2) is 21.5 Å². The van der Waals surface area contributed by atoms with Gasteiger partial charge in [-0.05, 0) is 50.3 Å². The number of aryl methyl sites for hydroxylation is 1. The third kappa shape index (κ3) is 2.18. The summed E-state index contributed by atoms with van der Waals surface area (Å²) in [4.78, 5) is 6.60. The Bertz CT molecular complexity index is 611. The van der Waals surface area contributed by atoms with Gasteiger partial charge in [0.05, 0.1) is 11.7 Å². The third-order valence-corrected chi connectivity index (χ3v) is 3.94. The molecule has 2 aromatic heterocycles. The van der Waals surface area contributed by atoms with Crippen molar-refractivity contribution in [2.45, 2.75) is 25.9 Å². The summed E-state index contributed by atoms with van der Waals surface area (Å²) >= 11 is 5.45. The van der Waals surface area contributed by atoms with Crippen molar-refractivity contribution in [2.24, 2.45) is 0 Å². The van der Waals surface area contributed by atoms with Crippen LogP contribution < -0.4 is 5.32 Å². The Hall–Kier alpha value is -1.88. The second-order valence-corrected chi connectivity index (χ2v) is 5.25. The third-order valence-electron chi connectivity index (χ3n) is 3.59. The molecule has 1 fully saturated rings. The molecule has 2 aromatic rings. The summed E-state index contributed by atoms with van der Waals surface area (Å²) in [7, 11) is 0. The molecule has 4 nitrogen and oxygen atoms in total. The lowest BCUT2D eigenvalue weighted by Crippen LogP contribution is -2.29. The molecule has 0 spiro atoms. The van der Waals surface area contributed by atoms with Crippen LogP contribution in [-0.2, 0) is 0 Å². The minimum absolute atomic E-state index is 0.0224. The summed E-state index contributed by atoms with van der Waals surface area (Å²) in [5.74, 6) is 1.83. The van der Waals surface area contributed by atoms with Crippen LogP contribution in [0.3, 0.4) is 0 Å². The van der Waals surface area contributed by atoms with E-state index in [2.05, 4.69) is 22.1 Å². The van der Waals surface area contributed by atoms with E-state index in [0.717, 1.165) is 28.9 Å². The van der Waals surface area contributed by atoms with E-state index >= 15 is 0 Å². The average molecular weight is 287 g/mol. The molecule has 0 aliphatic carbocycles. The van der Waals surface area contributed by atoms with Crippen molar-refractivity contribution in [1.29, 1.82) is 0 Å². The highest BCUT2D eigenvalue weighted by atomic mass is 32.1. The maximum atomic E-state index is 5.83. The number of likely N-dealkylation sites (N-methyl/N-ethyl adjacent to an activating group) is 1. The van der Waals surface area contributed by atoms with Crippen LogP contribution in [0.25, 0.3) is 0 Å². The maximum absolute atomic E-state index is 5.83. The second-order valence-electron chi connectivity index (χ2n) is 4.86. The lowest BCUT2D eigenvalue weighted by molar-refractivity contribution is 0.278. The van der Waals surface area contributed by atoms with Gasteiger partial charge in [0.15, 0.2) is 5.11 Å². The van der Waals surface area contributed by atoms with Gasteiger partial charge in [0.1, 0.15) is 17.6 Å². The molecule has 0 aromatic carbocycles. The van der Waals surface area contributed by atoms with E-state index in [1.807, 2.05) is 37.3 Å². The molecule has 1 N–H and O–H groups in total. The molecule has 0 bridgehead atoms. The molecule has 1 saturated heterocycles. The fourth-order valence-corrected chi connectivity index (χ4v) is 3.04. The predicted molar refractivity (Wildman–Crippen MR) is 81.3 cm³/mol. The molecule has 1 aliphatic heterocycles. The minimum atomic E-state index is 0.0224. The smallest absolute Gasteiger partial charge is 0.170 e. The zero-order chi connectivity index (χ0) is 14.1. The SMILES string of the molecule is CCN1C(=S)N[C@H](c2ccccn2)[C@@H]1c1ccc(C)o1. The Morgan fingerprint density at radius 2 is 2.20 bits per heavy atom. The normalized spacial score (nSPS) is 22.1. The van der Waals surface area contributed by atoms with Crippen molar-refractivity contribution in [1.82, 2.24) is 15.2 Å². The van der Waals surface area contributed by atoms with Gasteiger partial charge in [0, 0.05) is 12.7 Å². The van der Waals surface area contributed by atoms with Gasteiger partial charge < -0.3 is 14.6 Å². The van der Waals surface area contributed by atoms with Crippen molar-refractivity contribution >= 4 is 17.3 Å². The van der Waals surface area contributed by atoms with E-state index in [1.54, 1.807) is 6.20 Å². The Kier molecular flexibility index (Phi) is 3.44. The zero-order valence-corrected chi connectivity index (χ0v) is 12.4. The van der Waals surface area contributed by atoms with Crippen LogP contribution in [0.5, 0.6) is 0 Å². The molecule has 0 saturated carbocycles. The molecule has 5 heteroatoms. The van der Waals surface area contributed by atoms with Gasteiger partial charge in [-0.25, -0.2) is 0 Å². The first kappa shape index (κ1) is 13.1. The number of nitrogens with zero attached hydrogens (tertiary/aromatic N) is 2. The fourth-order valence-electron chi connectivity index (χ4n) is 2.67. The molecule has 0 unspecified atom stereocenters. The van der Waals surface area contributed by atoms with Crippen LogP contribution in [0, 0.1) is 6.92 Å². The molecule has 20 heavy (non-hydrogen) atoms. The van der Waals surface area contributed by atoms with E-state index in [4.69, 9.17) is 16.6 Å². The van der Waals surface area contributed by atoms with Crippen LogP contribution >= 0.6 is 12.2 Å². The maximum Gasteiger partial charge on any atom is 0.170 e. The zero-order valence-electron chi connectivity index (χ0n) is 11.5. The molecule has 3 heterocycles. The number of thiocarbonyl (C=S) groups is 1. The Balaban J connectivity index is 2.02. The summed E-state index contributed by atoms with van der Waals surface area (Å²) < 4.78 is 5.83. The Morgan fingerprint density at radius 1 is 1.35 bits per heavy atom. The monoisotopic (exact) mass is 287 g/mol. The number of hydrogen-bond acceptors (Lipinski definition) is 3. The average Bonchev–Trinajstić information content (AvgIpc) is 3.03. The molecular weight excluding hydrogens is 270 g/mol. The largest absolute Gasteiger partial charge is 0.464 e. The van der Waals surface area contributed by atoms with Gasteiger partial charge >= 0.3 is 0 Å². The number of hydrogen-bond donors (Lipinski definition) is 1. The number of rotatable bonds is 3. The quantitative estimate of drug-likeness (QED) is 0.879. The lowest BCUT2D eigenvalue weighted by Gasteiger charge is -2.24. The van der Waals surface area contributed by atoms with E-state index in [0.29, 0.717) is 0 Å². The highest BCUT2D eigenvalue weighted by Gasteiger charge is 2.40. The number of furan rings is 1. The molecule has 1 aliphatic rings. The van der Waals surface area contributed by atoms with Crippen molar-refractivity contribution in [3.05, 3.63) is 53.7 Å². The summed E-state index contributed by atoms with van der Waals surface area (Å²) in [5, 5.41) is 4.12. The van der Waals surface area contributed by atoms with Crippen molar-refractivity contribution in [2.75, 3.05) is 6.54 Å². The first-order valence-electron chi connectivity index (χ1n) is 6.75. The highest BCUT2D eigenvalue weighted by molar-refractivity contribution is 7.80. The van der Waals surface area contributed by atoms with Crippen LogP contribution in [0.4, 0.5) is 0 Å². The number of pyridine rings is 1. The van der Waals surface area contributed by atoms with Crippen LogP contribution in [0.2, 0.25) is 0 Å². The molecule has 104 valence electrons. The van der Waals surface area contributed by atoms with Crippen molar-refractivity contribution in [3.8, 4) is 0 Å². The van der Waals surface area contributed by atoms with E-state index in [1.165, 1.54) is 0 Å². The van der Waals surface area contributed by atoms with Crippen LogP contribution in [0.15, 0.2) is 40.9 Å². The van der Waals surface area contributed by atoms with Gasteiger partial charge in [-0.3, -0.25) is 4.98 Å². The summed E-state index contributed by atoms with van der Waals surface area (Å²) in [5.41, 5.74) is 0.977. The Morgan fingerprint density at radius 3 is 2.80 bits per heavy atom. The van der Waals surface area contributed by atoms with Gasteiger partial charge in [-0.1, -0.05) is 6.07 Å². The van der Waals surface area contributed by atoms with Gasteiger partial charge in [-0.2, -0.15) is 0 Å². The molecule has 2 atom stereocenters. The minimum Gasteiger partial charge on any atom is -0.464 e. The Labute approximate surface area is 123 Å².